The van der Waals surface area contributed by atoms with Crippen molar-refractivity contribution >= 4 is 35.0 Å². The predicted octanol–water partition coefficient (Wildman–Crippen LogP) is 5.10. The topological polar surface area (TPSA) is 80.1 Å². The molecule has 0 aliphatic carbocycles. The number of carbonyl (C=O) groups is 2. The molecule has 1 aliphatic heterocycles. The standard InChI is InChI=1S/C27H25N5O2S/c1-19-12-14-22(15-13-19)32-26(20-7-3-2-4-8-20)29-30-27(32)35-18-24(33)28-21-9-5-10-23(17-21)31-16-6-11-25(31)34/h2-5,7-10,12-15,17H,6,11,16,18H2,1H3,(H,28,33). The number of aromatic nitrogens is 3. The van der Waals surface area contributed by atoms with Gasteiger partial charge < -0.3 is 10.2 Å². The molecule has 0 unspecified atom stereocenters. The van der Waals surface area contributed by atoms with Gasteiger partial charge in [-0.15, -0.1) is 10.2 Å². The summed E-state index contributed by atoms with van der Waals surface area (Å²) in [5.74, 6) is 0.861. The fraction of sp³-hybridized carbons (Fsp3) is 0.185. The van der Waals surface area contributed by atoms with Crippen molar-refractivity contribution < 1.29 is 9.59 Å². The molecule has 0 bridgehead atoms. The molecule has 1 N–H and O–H groups in total. The van der Waals surface area contributed by atoms with Gasteiger partial charge in [-0.05, 0) is 43.7 Å². The van der Waals surface area contributed by atoms with E-state index < -0.39 is 0 Å². The van der Waals surface area contributed by atoms with Gasteiger partial charge in [-0.1, -0.05) is 65.9 Å². The van der Waals surface area contributed by atoms with Gasteiger partial charge in [0.25, 0.3) is 0 Å². The molecule has 0 atom stereocenters. The van der Waals surface area contributed by atoms with Gasteiger partial charge >= 0.3 is 0 Å². The second-order valence-electron chi connectivity index (χ2n) is 8.38. The van der Waals surface area contributed by atoms with E-state index in [-0.39, 0.29) is 17.6 Å². The SMILES string of the molecule is Cc1ccc(-n2c(SCC(=O)Nc3cccc(N4CCCC4=O)c3)nnc2-c2ccccc2)cc1. The van der Waals surface area contributed by atoms with Gasteiger partial charge in [-0.3, -0.25) is 14.2 Å². The lowest BCUT2D eigenvalue weighted by molar-refractivity contribution is -0.117. The van der Waals surface area contributed by atoms with Crippen LogP contribution in [0.4, 0.5) is 11.4 Å². The molecule has 35 heavy (non-hydrogen) atoms. The third-order valence-electron chi connectivity index (χ3n) is 5.80. The molecule has 176 valence electrons. The van der Waals surface area contributed by atoms with E-state index in [0.717, 1.165) is 34.7 Å². The van der Waals surface area contributed by atoms with Crippen LogP contribution < -0.4 is 10.2 Å². The van der Waals surface area contributed by atoms with Crippen LogP contribution in [0.5, 0.6) is 0 Å². The Morgan fingerprint density at radius 1 is 0.971 bits per heavy atom. The molecule has 0 spiro atoms. The zero-order chi connectivity index (χ0) is 24.2. The van der Waals surface area contributed by atoms with Crippen LogP contribution in [0.1, 0.15) is 18.4 Å². The van der Waals surface area contributed by atoms with Crippen LogP contribution in [-0.4, -0.2) is 38.9 Å². The number of hydrogen-bond donors (Lipinski definition) is 1. The van der Waals surface area contributed by atoms with Gasteiger partial charge in [0.05, 0.1) is 5.75 Å². The fourth-order valence-electron chi connectivity index (χ4n) is 4.06. The van der Waals surface area contributed by atoms with Gasteiger partial charge in [0.2, 0.25) is 11.8 Å². The minimum atomic E-state index is -0.153. The highest BCUT2D eigenvalue weighted by molar-refractivity contribution is 7.99. The number of carbonyl (C=O) groups excluding carboxylic acids is 2. The summed E-state index contributed by atoms with van der Waals surface area (Å²) in [4.78, 5) is 26.6. The summed E-state index contributed by atoms with van der Waals surface area (Å²) >= 11 is 1.33. The highest BCUT2D eigenvalue weighted by Gasteiger charge is 2.22. The Morgan fingerprint density at radius 3 is 2.51 bits per heavy atom. The Balaban J connectivity index is 1.33. The summed E-state index contributed by atoms with van der Waals surface area (Å²) in [6, 6.07) is 25.4. The summed E-state index contributed by atoms with van der Waals surface area (Å²) in [5.41, 5.74) is 4.52. The number of benzene rings is 3. The fourth-order valence-corrected chi connectivity index (χ4v) is 4.82. The first kappa shape index (κ1) is 22.9. The van der Waals surface area contributed by atoms with Crippen LogP contribution in [0.25, 0.3) is 17.1 Å². The molecule has 2 heterocycles. The Morgan fingerprint density at radius 2 is 1.77 bits per heavy atom. The number of nitrogens with one attached hydrogen (secondary N) is 1. The van der Waals surface area contributed by atoms with Crippen LogP contribution in [0.15, 0.2) is 84.0 Å². The number of anilines is 2. The van der Waals surface area contributed by atoms with Gasteiger partial charge in [-0.2, -0.15) is 0 Å². The first-order chi connectivity index (χ1) is 17.1. The summed E-state index contributed by atoms with van der Waals surface area (Å²) in [7, 11) is 0. The number of rotatable bonds is 7. The molecule has 8 heteroatoms. The molecule has 0 saturated carbocycles. The molecule has 5 rings (SSSR count). The molecule has 3 aromatic carbocycles. The first-order valence-corrected chi connectivity index (χ1v) is 12.5. The molecule has 4 aromatic rings. The lowest BCUT2D eigenvalue weighted by atomic mass is 10.2. The van der Waals surface area contributed by atoms with Crippen molar-refractivity contribution in [2.24, 2.45) is 0 Å². The molecule has 1 aromatic heterocycles. The maximum Gasteiger partial charge on any atom is 0.234 e. The average molecular weight is 484 g/mol. The van der Waals surface area contributed by atoms with E-state index in [2.05, 4.69) is 15.5 Å². The second kappa shape index (κ2) is 10.1. The minimum absolute atomic E-state index is 0.119. The third kappa shape index (κ3) is 5.12. The summed E-state index contributed by atoms with van der Waals surface area (Å²) in [6.45, 7) is 2.76. The van der Waals surface area contributed by atoms with Gasteiger partial charge in [0.1, 0.15) is 0 Å². The molecule has 0 radical (unpaired) electrons. The zero-order valence-corrected chi connectivity index (χ0v) is 20.2. The molecule has 1 saturated heterocycles. The van der Waals surface area contributed by atoms with Crippen molar-refractivity contribution in [3.8, 4) is 17.1 Å². The maximum absolute atomic E-state index is 12.8. The van der Waals surface area contributed by atoms with Crippen LogP contribution in [0, 0.1) is 6.92 Å². The Kier molecular flexibility index (Phi) is 6.63. The van der Waals surface area contributed by atoms with E-state index in [1.165, 1.54) is 11.8 Å². The molecule has 1 fully saturated rings. The van der Waals surface area contributed by atoms with E-state index in [1.54, 1.807) is 4.90 Å². The van der Waals surface area contributed by atoms with E-state index in [1.807, 2.05) is 90.4 Å². The van der Waals surface area contributed by atoms with Crippen molar-refractivity contribution in [2.75, 3.05) is 22.5 Å². The lowest BCUT2D eigenvalue weighted by Crippen LogP contribution is -2.23. The van der Waals surface area contributed by atoms with Crippen molar-refractivity contribution in [3.05, 3.63) is 84.4 Å². The monoisotopic (exact) mass is 483 g/mol. The Labute approximate surface area is 208 Å². The normalized spacial score (nSPS) is 13.3. The average Bonchev–Trinajstić information content (AvgIpc) is 3.50. The molecule has 1 aliphatic rings. The lowest BCUT2D eigenvalue weighted by Gasteiger charge is -2.16. The minimum Gasteiger partial charge on any atom is -0.325 e. The quantitative estimate of drug-likeness (QED) is 0.370. The number of nitrogens with zero attached hydrogens (tertiary/aromatic N) is 4. The predicted molar refractivity (Wildman–Crippen MR) is 139 cm³/mol. The number of thioether (sulfide) groups is 1. The van der Waals surface area contributed by atoms with Gasteiger partial charge in [0.15, 0.2) is 11.0 Å². The molecular formula is C27H25N5O2S. The Bertz CT molecular complexity index is 1350. The van der Waals surface area contributed by atoms with Gasteiger partial charge in [-0.25, -0.2) is 0 Å². The molecular weight excluding hydrogens is 458 g/mol. The van der Waals surface area contributed by atoms with E-state index >= 15 is 0 Å². The number of hydrogen-bond acceptors (Lipinski definition) is 5. The van der Waals surface area contributed by atoms with Crippen LogP contribution in [0.3, 0.4) is 0 Å². The van der Waals surface area contributed by atoms with Crippen molar-refractivity contribution in [1.82, 2.24) is 14.8 Å². The smallest absolute Gasteiger partial charge is 0.234 e. The summed E-state index contributed by atoms with van der Waals surface area (Å²) < 4.78 is 1.98. The molecule has 7 nitrogen and oxygen atoms in total. The van der Waals surface area contributed by atoms with Crippen LogP contribution in [-0.2, 0) is 9.59 Å². The first-order valence-electron chi connectivity index (χ1n) is 11.5. The second-order valence-corrected chi connectivity index (χ2v) is 9.32. The summed E-state index contributed by atoms with van der Waals surface area (Å²) in [5, 5.41) is 12.4. The zero-order valence-electron chi connectivity index (χ0n) is 19.3. The maximum atomic E-state index is 12.8. The number of amides is 2. The largest absolute Gasteiger partial charge is 0.325 e. The third-order valence-corrected chi connectivity index (χ3v) is 6.73. The van der Waals surface area contributed by atoms with Crippen molar-refractivity contribution in [1.29, 1.82) is 0 Å². The highest BCUT2D eigenvalue weighted by Crippen LogP contribution is 2.29. The highest BCUT2D eigenvalue weighted by atomic mass is 32.2. The van der Waals surface area contributed by atoms with Crippen LogP contribution in [0.2, 0.25) is 0 Å². The Hall–Kier alpha value is -3.91. The van der Waals surface area contributed by atoms with Crippen LogP contribution >= 0.6 is 11.8 Å². The van der Waals surface area contributed by atoms with Crippen molar-refractivity contribution in [2.45, 2.75) is 24.9 Å². The van der Waals surface area contributed by atoms with E-state index in [0.29, 0.717) is 23.8 Å². The number of aryl methyl sites for hydroxylation is 1. The van der Waals surface area contributed by atoms with Crippen molar-refractivity contribution in [3.63, 3.8) is 0 Å². The molecule has 2 amide bonds. The summed E-state index contributed by atoms with van der Waals surface area (Å²) in [6.07, 6.45) is 1.43. The van der Waals surface area contributed by atoms with Gasteiger partial charge in [0, 0.05) is 35.6 Å². The van der Waals surface area contributed by atoms with E-state index in [9.17, 15) is 9.59 Å². The van der Waals surface area contributed by atoms with E-state index in [4.69, 9.17) is 0 Å².